The van der Waals surface area contributed by atoms with Gasteiger partial charge in [0.15, 0.2) is 0 Å². The number of carbonyl (C=O) groups is 1. The minimum Gasteiger partial charge on any atom is -0.458 e. The predicted molar refractivity (Wildman–Crippen MR) is 152 cm³/mol. The van der Waals surface area contributed by atoms with Crippen LogP contribution in [0.15, 0.2) is 35.2 Å². The minimum atomic E-state index is -3.76. The molecule has 0 aliphatic carbocycles. The Balaban J connectivity index is 1.72. The van der Waals surface area contributed by atoms with Crippen molar-refractivity contribution in [1.82, 2.24) is 0 Å². The molecule has 0 aliphatic rings. The zero-order valence-corrected chi connectivity index (χ0v) is 25.9. The minimum absolute atomic E-state index is 0.0625. The molecule has 0 bridgehead atoms. The second-order valence-electron chi connectivity index (χ2n) is 9.51. The molecule has 1 aromatic rings. The molecule has 0 saturated carbocycles. The van der Waals surface area contributed by atoms with Gasteiger partial charge in [-0.2, -0.15) is 8.42 Å². The van der Waals surface area contributed by atoms with Gasteiger partial charge in [-0.1, -0.05) is 18.2 Å². The Labute approximate surface area is 250 Å². The van der Waals surface area contributed by atoms with E-state index in [1.165, 1.54) is 12.1 Å². The second-order valence-corrected chi connectivity index (χ2v) is 11.1. The third kappa shape index (κ3) is 23.8. The van der Waals surface area contributed by atoms with Gasteiger partial charge in [-0.15, -0.1) is 0 Å². The summed E-state index contributed by atoms with van der Waals surface area (Å²) in [6, 6.07) is 7.96. The van der Waals surface area contributed by atoms with Crippen molar-refractivity contribution >= 4 is 16.1 Å². The van der Waals surface area contributed by atoms with Gasteiger partial charge in [0.1, 0.15) is 12.2 Å². The van der Waals surface area contributed by atoms with Crippen LogP contribution in [0.4, 0.5) is 0 Å². The molecule has 0 aromatic heterocycles. The third-order valence-corrected chi connectivity index (χ3v) is 6.07. The van der Waals surface area contributed by atoms with E-state index in [1.807, 2.05) is 0 Å². The van der Waals surface area contributed by atoms with Crippen LogP contribution in [-0.2, 0) is 61.7 Å². The zero-order valence-electron chi connectivity index (χ0n) is 25.1. The maximum absolute atomic E-state index is 11.9. The largest absolute Gasteiger partial charge is 0.458 e. The van der Waals surface area contributed by atoms with Crippen molar-refractivity contribution in [3.05, 3.63) is 30.3 Å². The van der Waals surface area contributed by atoms with Crippen LogP contribution in [0.25, 0.3) is 0 Å². The summed E-state index contributed by atoms with van der Waals surface area (Å²) in [5.41, 5.74) is -0.518. The lowest BCUT2D eigenvalue weighted by Gasteiger charge is -2.19. The molecular weight excluding hydrogens is 576 g/mol. The highest BCUT2D eigenvalue weighted by Crippen LogP contribution is 2.10. The first-order valence-corrected chi connectivity index (χ1v) is 15.4. The molecule has 42 heavy (non-hydrogen) atoms. The predicted octanol–water partition coefficient (Wildman–Crippen LogP) is 1.87. The lowest BCUT2D eigenvalue weighted by Crippen LogP contribution is -2.27. The van der Waals surface area contributed by atoms with E-state index in [0.717, 1.165) is 0 Å². The van der Waals surface area contributed by atoms with Crippen molar-refractivity contribution in [3.63, 3.8) is 0 Å². The van der Waals surface area contributed by atoms with Crippen LogP contribution in [0, 0.1) is 0 Å². The zero-order chi connectivity index (χ0) is 30.8. The van der Waals surface area contributed by atoms with Crippen molar-refractivity contribution in [2.24, 2.45) is 0 Å². The summed E-state index contributed by atoms with van der Waals surface area (Å²) in [7, 11) is -3.76. The molecule has 0 saturated heterocycles. The molecular formula is C28H48O13S. The molecule has 0 aliphatic heterocycles. The fourth-order valence-electron chi connectivity index (χ4n) is 2.92. The van der Waals surface area contributed by atoms with E-state index in [1.54, 1.807) is 39.0 Å². The lowest BCUT2D eigenvalue weighted by atomic mass is 10.2. The Morgan fingerprint density at radius 2 is 0.881 bits per heavy atom. The highest BCUT2D eigenvalue weighted by atomic mass is 32.2. The molecule has 1 aromatic carbocycles. The van der Waals surface area contributed by atoms with Gasteiger partial charge >= 0.3 is 5.97 Å². The summed E-state index contributed by atoms with van der Waals surface area (Å²) in [4.78, 5) is 11.6. The Bertz CT molecular complexity index is 876. The van der Waals surface area contributed by atoms with Crippen LogP contribution in [0.5, 0.6) is 0 Å². The van der Waals surface area contributed by atoms with E-state index in [9.17, 15) is 13.2 Å². The fourth-order valence-corrected chi connectivity index (χ4v) is 3.84. The van der Waals surface area contributed by atoms with E-state index >= 15 is 0 Å². The van der Waals surface area contributed by atoms with E-state index in [2.05, 4.69) is 0 Å². The summed E-state index contributed by atoms with van der Waals surface area (Å²) in [5.74, 6) is -0.395. The average molecular weight is 625 g/mol. The number of hydrogen-bond acceptors (Lipinski definition) is 13. The number of esters is 1. The van der Waals surface area contributed by atoms with E-state index in [0.29, 0.717) is 92.5 Å². The highest BCUT2D eigenvalue weighted by Gasteiger charge is 2.16. The molecule has 14 heteroatoms. The molecule has 13 nitrogen and oxygen atoms in total. The van der Waals surface area contributed by atoms with Gasteiger partial charge in [-0.25, -0.2) is 4.79 Å². The van der Waals surface area contributed by atoms with Crippen LogP contribution in [0.1, 0.15) is 20.8 Å². The summed E-state index contributed by atoms with van der Waals surface area (Å²) in [6.07, 6.45) is 0. The van der Waals surface area contributed by atoms with Crippen LogP contribution in [0.3, 0.4) is 0 Å². The van der Waals surface area contributed by atoms with Crippen LogP contribution in [-0.4, -0.2) is 132 Å². The van der Waals surface area contributed by atoms with Gasteiger partial charge in [0.25, 0.3) is 10.1 Å². The Hall–Kier alpha value is -1.72. The van der Waals surface area contributed by atoms with Crippen molar-refractivity contribution < 1.29 is 60.0 Å². The molecule has 0 heterocycles. The quantitative estimate of drug-likeness (QED) is 0.0761. The van der Waals surface area contributed by atoms with Gasteiger partial charge in [0, 0.05) is 0 Å². The topological polar surface area (TPSA) is 144 Å². The van der Waals surface area contributed by atoms with Crippen molar-refractivity contribution in [1.29, 1.82) is 0 Å². The van der Waals surface area contributed by atoms with E-state index in [4.69, 9.17) is 46.8 Å². The van der Waals surface area contributed by atoms with Gasteiger partial charge in [0.2, 0.25) is 0 Å². The molecule has 244 valence electrons. The smallest absolute Gasteiger partial charge is 0.332 e. The number of rotatable bonds is 28. The maximum Gasteiger partial charge on any atom is 0.332 e. The second kappa shape index (κ2) is 24.7. The Kier molecular flexibility index (Phi) is 22.5. The first-order valence-electron chi connectivity index (χ1n) is 14.0. The molecule has 0 atom stereocenters. The molecule has 0 radical (unpaired) electrons. The Morgan fingerprint density at radius 1 is 0.548 bits per heavy atom. The third-order valence-electron chi connectivity index (χ3n) is 4.74. The van der Waals surface area contributed by atoms with Crippen molar-refractivity contribution in [2.45, 2.75) is 31.3 Å². The standard InChI is InChI=1S/C28H48O13S/c1-28(2,3)41-27(29)25-39-22-21-37-18-17-35-14-13-33-10-9-32-11-12-34-15-16-36-19-20-38-23-24-40-42(30,31)26-7-5-4-6-8-26/h4-8H,9-25H2,1-3H3. The number of carbonyl (C=O) groups excluding carboxylic acids is 1. The van der Waals surface area contributed by atoms with Gasteiger partial charge < -0.3 is 42.6 Å². The van der Waals surface area contributed by atoms with Crippen LogP contribution >= 0.6 is 0 Å². The first kappa shape index (κ1) is 38.3. The summed E-state index contributed by atoms with van der Waals surface area (Å²) in [6.45, 7) is 11.2. The lowest BCUT2D eigenvalue weighted by molar-refractivity contribution is -0.160. The number of hydrogen-bond donors (Lipinski definition) is 0. The Morgan fingerprint density at radius 3 is 1.24 bits per heavy atom. The fraction of sp³-hybridized carbons (Fsp3) is 0.750. The first-order chi connectivity index (χ1) is 20.2. The highest BCUT2D eigenvalue weighted by molar-refractivity contribution is 7.86. The SMILES string of the molecule is CC(C)(C)OC(=O)COCCOCCOCCOCCOCCOCCOCCOCCOS(=O)(=O)c1ccccc1. The summed E-state index contributed by atoms with van der Waals surface area (Å²) in [5, 5.41) is 0. The van der Waals surface area contributed by atoms with Gasteiger partial charge in [-0.3, -0.25) is 4.18 Å². The molecule has 0 unspecified atom stereocenters. The van der Waals surface area contributed by atoms with Crippen LogP contribution < -0.4 is 0 Å². The normalized spacial score (nSPS) is 12.1. The van der Waals surface area contributed by atoms with Crippen LogP contribution in [0.2, 0.25) is 0 Å². The van der Waals surface area contributed by atoms with E-state index < -0.39 is 21.7 Å². The summed E-state index contributed by atoms with van der Waals surface area (Å²) >= 11 is 0. The van der Waals surface area contributed by atoms with Crippen molar-refractivity contribution in [3.8, 4) is 0 Å². The summed E-state index contributed by atoms with van der Waals surface area (Å²) < 4.78 is 76.9. The number of benzene rings is 1. The van der Waals surface area contributed by atoms with E-state index in [-0.39, 0.29) is 24.7 Å². The molecule has 0 amide bonds. The molecule has 1 rings (SSSR count). The molecule has 0 spiro atoms. The number of ether oxygens (including phenoxy) is 9. The molecule has 0 fully saturated rings. The monoisotopic (exact) mass is 624 g/mol. The molecule has 0 N–H and O–H groups in total. The van der Waals surface area contributed by atoms with Crippen molar-refractivity contribution in [2.75, 3.05) is 112 Å². The maximum atomic E-state index is 11.9. The average Bonchev–Trinajstić information content (AvgIpc) is 2.94. The van der Waals surface area contributed by atoms with Gasteiger partial charge in [0.05, 0.1) is 111 Å². The van der Waals surface area contributed by atoms with Gasteiger partial charge in [-0.05, 0) is 32.9 Å².